The molecule has 0 bridgehead atoms. The number of H-pyrrole nitrogens is 1. The summed E-state index contributed by atoms with van der Waals surface area (Å²) in [5, 5.41) is 13.4. The number of aliphatic hydroxyl groups excluding tert-OH is 1. The molecular weight excluding hydrogens is 682 g/mol. The number of nitrogens with zero attached hydrogens (tertiary/aromatic N) is 1. The number of carbonyl (C=O) groups excluding carboxylic acids is 4. The monoisotopic (exact) mass is 719 g/mol. The number of nitrogens with two attached hydrogens (primary N) is 1. The van der Waals surface area contributed by atoms with Crippen molar-refractivity contribution >= 4 is 68.5 Å². The number of hydrogen-bond acceptors (Lipinski definition) is 11. The number of benzene rings is 3. The number of ether oxygens (including phenoxy) is 5. The molecule has 0 spiro atoms. The third-order valence-electron chi connectivity index (χ3n) is 9.97. The smallest absolute Gasteiger partial charge is 0.339 e. The van der Waals surface area contributed by atoms with Crippen molar-refractivity contribution in [3.05, 3.63) is 65.9 Å². The molecule has 1 amide bonds. The highest BCUT2D eigenvalue weighted by Gasteiger charge is 2.54. The van der Waals surface area contributed by atoms with E-state index >= 15 is 0 Å². The van der Waals surface area contributed by atoms with Gasteiger partial charge in [0, 0.05) is 59.7 Å². The van der Waals surface area contributed by atoms with Crippen LogP contribution >= 0.6 is 11.6 Å². The highest BCUT2D eigenvalue weighted by atomic mass is 35.5. The van der Waals surface area contributed by atoms with Crippen molar-refractivity contribution in [3.8, 4) is 5.75 Å². The molecule has 14 heteroatoms. The topological polar surface area (TPSA) is 180 Å². The molecule has 1 aromatic heterocycles. The fraction of sp³-hybridized carbons (Fsp3) is 0.405. The van der Waals surface area contributed by atoms with Gasteiger partial charge in [0.25, 0.3) is 5.91 Å². The molecule has 1 saturated carbocycles. The van der Waals surface area contributed by atoms with Crippen molar-refractivity contribution in [2.75, 3.05) is 24.3 Å². The lowest BCUT2D eigenvalue weighted by Crippen LogP contribution is -2.63. The second-order valence-corrected chi connectivity index (χ2v) is 13.7. The fourth-order valence-electron chi connectivity index (χ4n) is 7.40. The van der Waals surface area contributed by atoms with Crippen LogP contribution in [0.15, 0.2) is 54.6 Å². The maximum absolute atomic E-state index is 14.4. The number of alkyl halides is 1. The molecule has 7 atom stereocenters. The van der Waals surface area contributed by atoms with Gasteiger partial charge in [0.2, 0.25) is 6.29 Å². The van der Waals surface area contributed by atoms with Crippen molar-refractivity contribution in [1.82, 2.24) is 4.98 Å². The van der Waals surface area contributed by atoms with Crippen LogP contribution in [0.4, 0.5) is 11.4 Å². The van der Waals surface area contributed by atoms with Gasteiger partial charge in [-0.2, -0.15) is 0 Å². The molecule has 4 N–H and O–H groups in total. The Labute approximate surface area is 297 Å². The molecule has 13 nitrogen and oxygen atoms in total. The SMILES string of the molecule is COC(=O)C1O[C@H](Oc2cc3c(c4ccccc24)[C@H](C(Cl)C2CCC2)CN3C(=O)c2cc3cc(N)ccc3[nH]2)[C@H](O)[C@@H](OC(C)=O)[C@@H]1OC(C)=O. The molecule has 3 aliphatic rings. The summed E-state index contributed by atoms with van der Waals surface area (Å²) in [5.74, 6) is -2.52. The van der Waals surface area contributed by atoms with E-state index in [4.69, 9.17) is 41.0 Å². The molecular formula is C37H38ClN3O10. The quantitative estimate of drug-likeness (QED) is 0.101. The second kappa shape index (κ2) is 13.7. The number of aliphatic hydroxyl groups is 1. The Hall–Kier alpha value is -4.85. The fourth-order valence-corrected chi connectivity index (χ4v) is 7.86. The second-order valence-electron chi connectivity index (χ2n) is 13.2. The molecule has 2 fully saturated rings. The zero-order valence-corrected chi connectivity index (χ0v) is 28.9. The molecule has 4 aromatic rings. The van der Waals surface area contributed by atoms with Crippen molar-refractivity contribution in [2.45, 2.75) is 75.1 Å². The summed E-state index contributed by atoms with van der Waals surface area (Å²) >= 11 is 7.23. The first-order valence-electron chi connectivity index (χ1n) is 16.8. The number of esters is 3. The average Bonchev–Trinajstić information content (AvgIpc) is 3.67. The van der Waals surface area contributed by atoms with Crippen molar-refractivity contribution in [3.63, 3.8) is 0 Å². The van der Waals surface area contributed by atoms with E-state index in [0.29, 0.717) is 34.9 Å². The molecule has 3 aromatic carbocycles. The number of anilines is 2. The van der Waals surface area contributed by atoms with E-state index in [-0.39, 0.29) is 23.0 Å². The minimum absolute atomic E-state index is 0.201. The van der Waals surface area contributed by atoms with Crippen molar-refractivity contribution < 1.29 is 48.0 Å². The number of carbonyl (C=O) groups is 4. The first-order valence-corrected chi connectivity index (χ1v) is 17.2. The van der Waals surface area contributed by atoms with E-state index in [1.54, 1.807) is 29.2 Å². The number of nitrogen functional groups attached to an aromatic ring is 1. The summed E-state index contributed by atoms with van der Waals surface area (Å²) in [7, 11) is 1.12. The Morgan fingerprint density at radius 3 is 2.37 bits per heavy atom. The molecule has 51 heavy (non-hydrogen) atoms. The van der Waals surface area contributed by atoms with Crippen LogP contribution < -0.4 is 15.4 Å². The van der Waals surface area contributed by atoms with Gasteiger partial charge in [-0.3, -0.25) is 14.4 Å². The highest BCUT2D eigenvalue weighted by Crippen LogP contribution is 2.51. The number of rotatable bonds is 8. The van der Waals surface area contributed by atoms with E-state index < -0.39 is 48.6 Å². The summed E-state index contributed by atoms with van der Waals surface area (Å²) in [6.07, 6.45) is -4.91. The lowest BCUT2D eigenvalue weighted by molar-refractivity contribution is -0.278. The van der Waals surface area contributed by atoms with E-state index in [1.165, 1.54) is 0 Å². The van der Waals surface area contributed by atoms with Gasteiger partial charge < -0.3 is 44.4 Å². The summed E-state index contributed by atoms with van der Waals surface area (Å²) in [6, 6.07) is 16.3. The number of amides is 1. The number of halogens is 1. The normalized spacial score (nSPS) is 25.2. The highest BCUT2D eigenvalue weighted by molar-refractivity contribution is 6.22. The largest absolute Gasteiger partial charge is 0.467 e. The molecule has 0 radical (unpaired) electrons. The van der Waals surface area contributed by atoms with Gasteiger partial charge >= 0.3 is 17.9 Å². The molecule has 268 valence electrons. The number of aromatic amines is 1. The first kappa shape index (κ1) is 34.6. The minimum atomic E-state index is -1.72. The zero-order valence-electron chi connectivity index (χ0n) is 28.2. The van der Waals surface area contributed by atoms with Crippen LogP contribution in [0.25, 0.3) is 21.7 Å². The van der Waals surface area contributed by atoms with E-state index in [1.807, 2.05) is 30.3 Å². The number of nitrogens with one attached hydrogen (secondary N) is 1. The predicted octanol–water partition coefficient (Wildman–Crippen LogP) is 4.56. The van der Waals surface area contributed by atoms with E-state index in [9.17, 15) is 24.3 Å². The summed E-state index contributed by atoms with van der Waals surface area (Å²) in [5.41, 5.74) is 9.15. The summed E-state index contributed by atoms with van der Waals surface area (Å²) < 4.78 is 27.8. The Kier molecular flexibility index (Phi) is 9.29. The number of hydrogen-bond donors (Lipinski definition) is 3. The van der Waals surface area contributed by atoms with Gasteiger partial charge in [-0.1, -0.05) is 30.7 Å². The van der Waals surface area contributed by atoms with Gasteiger partial charge in [0.1, 0.15) is 11.4 Å². The van der Waals surface area contributed by atoms with Crippen LogP contribution in [0.1, 0.15) is 55.1 Å². The molecule has 7 rings (SSSR count). The molecule has 1 saturated heterocycles. The Morgan fingerprint density at radius 2 is 1.71 bits per heavy atom. The molecule has 3 heterocycles. The predicted molar refractivity (Wildman–Crippen MR) is 186 cm³/mol. The maximum atomic E-state index is 14.4. The minimum Gasteiger partial charge on any atom is -0.467 e. The Balaban J connectivity index is 1.32. The van der Waals surface area contributed by atoms with E-state index in [2.05, 4.69) is 4.98 Å². The van der Waals surface area contributed by atoms with Crippen LogP contribution in [0.3, 0.4) is 0 Å². The van der Waals surface area contributed by atoms with Gasteiger partial charge in [-0.25, -0.2) is 4.79 Å². The summed E-state index contributed by atoms with van der Waals surface area (Å²) in [6.45, 7) is 2.53. The lowest BCUT2D eigenvalue weighted by Gasteiger charge is -2.42. The third-order valence-corrected chi connectivity index (χ3v) is 10.6. The van der Waals surface area contributed by atoms with Crippen LogP contribution in [-0.4, -0.2) is 83.6 Å². The maximum Gasteiger partial charge on any atom is 0.339 e. The van der Waals surface area contributed by atoms with Gasteiger partial charge in [-0.05, 0) is 54.0 Å². The van der Waals surface area contributed by atoms with Gasteiger partial charge in [0.15, 0.2) is 24.4 Å². The number of fused-ring (bicyclic) bond motifs is 4. The molecule has 2 unspecified atom stereocenters. The Morgan fingerprint density at radius 1 is 1.00 bits per heavy atom. The zero-order chi connectivity index (χ0) is 36.1. The third kappa shape index (κ3) is 6.34. The van der Waals surface area contributed by atoms with Crippen LogP contribution in [0, 0.1) is 5.92 Å². The van der Waals surface area contributed by atoms with Gasteiger partial charge in [-0.15, -0.1) is 11.6 Å². The van der Waals surface area contributed by atoms with Crippen molar-refractivity contribution in [1.29, 1.82) is 0 Å². The molecule has 1 aliphatic carbocycles. The molecule has 2 aliphatic heterocycles. The first-order chi connectivity index (χ1) is 24.4. The van der Waals surface area contributed by atoms with Crippen molar-refractivity contribution in [2.24, 2.45) is 5.92 Å². The van der Waals surface area contributed by atoms with Gasteiger partial charge in [0.05, 0.1) is 12.8 Å². The Bertz CT molecular complexity index is 2030. The number of methoxy groups -OCH3 is 1. The van der Waals surface area contributed by atoms with E-state index in [0.717, 1.165) is 62.1 Å². The lowest BCUT2D eigenvalue weighted by atomic mass is 9.76. The van der Waals surface area contributed by atoms with Crippen LogP contribution in [0.5, 0.6) is 5.75 Å². The average molecular weight is 720 g/mol. The van der Waals surface area contributed by atoms with Crippen LogP contribution in [-0.2, 0) is 33.3 Å². The standard InChI is InChI=1S/C37H38ClN3O10/c1-17(42)48-32-31(44)37(51-34(36(46)47-3)33(32)49-18(2)43)50-28-15-27-29(23-10-5-4-9-22(23)28)24(30(38)19-7-6-8-19)16-41(27)35(45)26-14-20-13-21(39)11-12-25(20)40-26/h4-5,9-15,19,24,30-34,37,40,44H,6-8,16,39H2,1-3H3/t24-,30?,31-,32-,33+,34?,37+/m1/s1. The van der Waals surface area contributed by atoms with Crippen LogP contribution in [0.2, 0.25) is 0 Å². The number of aromatic nitrogens is 1. The summed E-state index contributed by atoms with van der Waals surface area (Å²) in [4.78, 5) is 56.3.